The fourth-order valence-corrected chi connectivity index (χ4v) is 3.40. The standard InChI is InChI=1S/C15H18N2O2S/c1-12(14-7-3-2-4-8-14)17-20(18,19)11-13-6-5-9-15(16)10-13/h2-10,12,17H,11,16H2,1H3. The van der Waals surface area contributed by atoms with Crippen LogP contribution in [0.15, 0.2) is 54.6 Å². The zero-order valence-electron chi connectivity index (χ0n) is 11.3. The zero-order chi connectivity index (χ0) is 14.6. The molecule has 0 bridgehead atoms. The summed E-state index contributed by atoms with van der Waals surface area (Å²) in [4.78, 5) is 0. The highest BCUT2D eigenvalue weighted by Crippen LogP contribution is 2.15. The van der Waals surface area contributed by atoms with E-state index in [1.807, 2.05) is 37.3 Å². The molecule has 2 rings (SSSR count). The smallest absolute Gasteiger partial charge is 0.216 e. The number of hydrogen-bond donors (Lipinski definition) is 2. The Kier molecular flexibility index (Phi) is 4.42. The molecular weight excluding hydrogens is 272 g/mol. The minimum Gasteiger partial charge on any atom is -0.399 e. The second-order valence-electron chi connectivity index (χ2n) is 4.75. The maximum absolute atomic E-state index is 12.1. The molecule has 0 heterocycles. The number of benzene rings is 2. The van der Waals surface area contributed by atoms with Gasteiger partial charge in [-0.05, 0) is 30.2 Å². The van der Waals surface area contributed by atoms with Gasteiger partial charge < -0.3 is 5.73 Å². The molecule has 0 amide bonds. The monoisotopic (exact) mass is 290 g/mol. The van der Waals surface area contributed by atoms with Crippen LogP contribution in [0.3, 0.4) is 0 Å². The first-order valence-electron chi connectivity index (χ1n) is 6.36. The molecule has 0 aliphatic rings. The van der Waals surface area contributed by atoms with Crippen molar-refractivity contribution in [2.45, 2.75) is 18.7 Å². The van der Waals surface area contributed by atoms with Gasteiger partial charge >= 0.3 is 0 Å². The topological polar surface area (TPSA) is 72.2 Å². The molecule has 1 atom stereocenters. The predicted octanol–water partition coefficient (Wildman–Crippen LogP) is 2.45. The Bertz CT molecular complexity index is 669. The minimum absolute atomic E-state index is 0.0742. The summed E-state index contributed by atoms with van der Waals surface area (Å²) in [6.45, 7) is 1.83. The SMILES string of the molecule is CC(NS(=O)(=O)Cc1cccc(N)c1)c1ccccc1. The first kappa shape index (κ1) is 14.6. The third-order valence-electron chi connectivity index (χ3n) is 2.96. The molecule has 106 valence electrons. The minimum atomic E-state index is -3.40. The van der Waals surface area contributed by atoms with Gasteiger partial charge in [-0.3, -0.25) is 0 Å². The van der Waals surface area contributed by atoms with Gasteiger partial charge in [0.1, 0.15) is 0 Å². The van der Waals surface area contributed by atoms with Crippen LogP contribution in [0, 0.1) is 0 Å². The zero-order valence-corrected chi connectivity index (χ0v) is 12.1. The summed E-state index contributed by atoms with van der Waals surface area (Å²) >= 11 is 0. The van der Waals surface area contributed by atoms with Gasteiger partial charge in [-0.2, -0.15) is 0 Å². The molecule has 0 fully saturated rings. The number of sulfonamides is 1. The quantitative estimate of drug-likeness (QED) is 0.831. The lowest BCUT2D eigenvalue weighted by molar-refractivity contribution is 0.566. The fraction of sp³-hybridized carbons (Fsp3) is 0.200. The molecule has 0 aromatic heterocycles. The lowest BCUT2D eigenvalue weighted by Gasteiger charge is -2.14. The summed E-state index contributed by atoms with van der Waals surface area (Å²) in [5.41, 5.74) is 7.83. The second kappa shape index (κ2) is 6.07. The van der Waals surface area contributed by atoms with E-state index in [0.29, 0.717) is 11.3 Å². The molecular formula is C15H18N2O2S. The van der Waals surface area contributed by atoms with E-state index >= 15 is 0 Å². The summed E-state index contributed by atoms with van der Waals surface area (Å²) in [7, 11) is -3.40. The van der Waals surface area contributed by atoms with Crippen molar-refractivity contribution >= 4 is 15.7 Å². The molecule has 0 saturated carbocycles. The third kappa shape index (κ3) is 4.08. The lowest BCUT2D eigenvalue weighted by Crippen LogP contribution is -2.28. The Labute approximate surface area is 119 Å². The summed E-state index contributed by atoms with van der Waals surface area (Å²) < 4.78 is 27.0. The van der Waals surface area contributed by atoms with E-state index in [4.69, 9.17) is 5.73 Å². The number of nitrogen functional groups attached to an aromatic ring is 1. The molecule has 2 aromatic carbocycles. The van der Waals surface area contributed by atoms with Gasteiger partial charge in [-0.15, -0.1) is 0 Å². The van der Waals surface area contributed by atoms with Crippen molar-refractivity contribution in [2.24, 2.45) is 0 Å². The number of hydrogen-bond acceptors (Lipinski definition) is 3. The van der Waals surface area contributed by atoms with Gasteiger partial charge in [0.25, 0.3) is 0 Å². The Hall–Kier alpha value is -1.85. The average molecular weight is 290 g/mol. The Morgan fingerprint density at radius 3 is 2.45 bits per heavy atom. The number of rotatable bonds is 5. The van der Waals surface area contributed by atoms with Gasteiger partial charge in [0.05, 0.1) is 5.75 Å². The predicted molar refractivity (Wildman–Crippen MR) is 81.5 cm³/mol. The fourth-order valence-electron chi connectivity index (χ4n) is 2.02. The average Bonchev–Trinajstić information content (AvgIpc) is 2.38. The van der Waals surface area contributed by atoms with Gasteiger partial charge in [0, 0.05) is 11.7 Å². The van der Waals surface area contributed by atoms with E-state index in [1.165, 1.54) is 0 Å². The molecule has 0 aliphatic heterocycles. The lowest BCUT2D eigenvalue weighted by atomic mass is 10.1. The van der Waals surface area contributed by atoms with E-state index in [2.05, 4.69) is 4.72 Å². The summed E-state index contributed by atoms with van der Waals surface area (Å²) in [5.74, 6) is -0.0742. The van der Waals surface area contributed by atoms with Crippen molar-refractivity contribution in [2.75, 3.05) is 5.73 Å². The van der Waals surface area contributed by atoms with Crippen LogP contribution < -0.4 is 10.5 Å². The van der Waals surface area contributed by atoms with E-state index in [-0.39, 0.29) is 11.8 Å². The van der Waals surface area contributed by atoms with Crippen LogP contribution in [-0.2, 0) is 15.8 Å². The molecule has 3 N–H and O–H groups in total. The van der Waals surface area contributed by atoms with Crippen LogP contribution in [0.5, 0.6) is 0 Å². The van der Waals surface area contributed by atoms with Crippen molar-refractivity contribution in [1.82, 2.24) is 4.72 Å². The van der Waals surface area contributed by atoms with Gasteiger partial charge in [0.15, 0.2) is 0 Å². The summed E-state index contributed by atoms with van der Waals surface area (Å²) in [6, 6.07) is 16.1. The van der Waals surface area contributed by atoms with E-state index in [9.17, 15) is 8.42 Å². The van der Waals surface area contributed by atoms with E-state index in [1.54, 1.807) is 24.3 Å². The van der Waals surface area contributed by atoms with Crippen LogP contribution in [0.2, 0.25) is 0 Å². The molecule has 4 nitrogen and oxygen atoms in total. The van der Waals surface area contributed by atoms with Crippen molar-refractivity contribution in [3.63, 3.8) is 0 Å². The van der Waals surface area contributed by atoms with Gasteiger partial charge in [-0.1, -0.05) is 42.5 Å². The van der Waals surface area contributed by atoms with Crippen molar-refractivity contribution in [3.05, 3.63) is 65.7 Å². The summed E-state index contributed by atoms with van der Waals surface area (Å²) in [6.07, 6.45) is 0. The molecule has 1 unspecified atom stereocenters. The maximum Gasteiger partial charge on any atom is 0.216 e. The van der Waals surface area contributed by atoms with Gasteiger partial charge in [0.2, 0.25) is 10.0 Å². The summed E-state index contributed by atoms with van der Waals surface area (Å²) in [5, 5.41) is 0. The van der Waals surface area contributed by atoms with Crippen molar-refractivity contribution < 1.29 is 8.42 Å². The molecule has 20 heavy (non-hydrogen) atoms. The second-order valence-corrected chi connectivity index (χ2v) is 6.51. The maximum atomic E-state index is 12.1. The largest absolute Gasteiger partial charge is 0.399 e. The number of anilines is 1. The van der Waals surface area contributed by atoms with Crippen LogP contribution in [0.25, 0.3) is 0 Å². The van der Waals surface area contributed by atoms with Crippen LogP contribution in [0.1, 0.15) is 24.1 Å². The number of nitrogens with two attached hydrogens (primary N) is 1. The Morgan fingerprint density at radius 1 is 1.10 bits per heavy atom. The van der Waals surface area contributed by atoms with Crippen molar-refractivity contribution in [3.8, 4) is 0 Å². The normalized spacial score (nSPS) is 13.1. The van der Waals surface area contributed by atoms with E-state index in [0.717, 1.165) is 5.56 Å². The number of nitrogens with one attached hydrogen (secondary N) is 1. The van der Waals surface area contributed by atoms with Gasteiger partial charge in [-0.25, -0.2) is 13.1 Å². The molecule has 0 spiro atoms. The Balaban J connectivity index is 2.08. The molecule has 0 radical (unpaired) electrons. The molecule has 0 aliphatic carbocycles. The highest BCUT2D eigenvalue weighted by molar-refractivity contribution is 7.88. The van der Waals surface area contributed by atoms with Crippen molar-refractivity contribution in [1.29, 1.82) is 0 Å². The molecule has 5 heteroatoms. The first-order chi connectivity index (χ1) is 9.46. The first-order valence-corrected chi connectivity index (χ1v) is 8.01. The third-order valence-corrected chi connectivity index (χ3v) is 4.39. The molecule has 2 aromatic rings. The molecule has 0 saturated heterocycles. The highest BCUT2D eigenvalue weighted by Gasteiger charge is 2.16. The van der Waals surface area contributed by atoms with Crippen LogP contribution >= 0.6 is 0 Å². The highest BCUT2D eigenvalue weighted by atomic mass is 32.2. The Morgan fingerprint density at radius 2 is 1.80 bits per heavy atom. The van der Waals surface area contributed by atoms with Crippen LogP contribution in [0.4, 0.5) is 5.69 Å². The van der Waals surface area contributed by atoms with E-state index < -0.39 is 10.0 Å². The van der Waals surface area contributed by atoms with Crippen LogP contribution in [-0.4, -0.2) is 8.42 Å².